The van der Waals surface area contributed by atoms with Crippen molar-refractivity contribution in [3.63, 3.8) is 0 Å². The maximum absolute atomic E-state index is 10.7. The molecule has 0 radical (unpaired) electrons. The molecule has 0 aromatic heterocycles. The molecule has 1 aliphatic rings. The van der Waals surface area contributed by atoms with Gasteiger partial charge in [-0.2, -0.15) is 0 Å². The molecule has 0 atom stereocenters. The smallest absolute Gasteiger partial charge is 0.243 e. The third-order valence-electron chi connectivity index (χ3n) is 4.60. The average Bonchev–Trinajstić information content (AvgIpc) is 2.61. The minimum Gasteiger partial charge on any atom is -0.370 e. The van der Waals surface area contributed by atoms with Gasteiger partial charge in [0.15, 0.2) is 0 Å². The molecule has 26 heavy (non-hydrogen) atoms. The fourth-order valence-electron chi connectivity index (χ4n) is 3.17. The van der Waals surface area contributed by atoms with Gasteiger partial charge in [0.25, 0.3) is 0 Å². The van der Waals surface area contributed by atoms with Crippen molar-refractivity contribution in [2.45, 2.75) is 33.1 Å². The number of hydrogen-bond donors (Lipinski definition) is 1. The van der Waals surface area contributed by atoms with E-state index in [1.54, 1.807) is 0 Å². The quantitative estimate of drug-likeness (QED) is 0.550. The predicted octanol–water partition coefficient (Wildman–Crippen LogP) is 4.05. The maximum atomic E-state index is 10.7. The Kier molecular flexibility index (Phi) is 8.36. The second kappa shape index (κ2) is 10.5. The van der Waals surface area contributed by atoms with Crippen molar-refractivity contribution in [3.8, 4) is 0 Å². The lowest BCUT2D eigenvalue weighted by Crippen LogP contribution is -2.34. The van der Waals surface area contributed by atoms with Crippen molar-refractivity contribution in [3.05, 3.63) is 52.1 Å². The Bertz CT molecular complexity index is 668. The molecular weight excluding hydrogens is 348 g/mol. The summed E-state index contributed by atoms with van der Waals surface area (Å²) in [5.41, 5.74) is 10.4. The van der Waals surface area contributed by atoms with E-state index >= 15 is 0 Å². The molecule has 2 N–H and O–H groups in total. The van der Waals surface area contributed by atoms with E-state index in [1.807, 2.05) is 12.1 Å². The van der Waals surface area contributed by atoms with Crippen LogP contribution in [0, 0.1) is 0 Å². The first kappa shape index (κ1) is 20.7. The van der Waals surface area contributed by atoms with Gasteiger partial charge in [-0.05, 0) is 50.3 Å². The highest BCUT2D eigenvalue weighted by molar-refractivity contribution is 6.32. The SMILES string of the molecule is CC(C)=CCC(=C1CCN(CCOCC(N)=O)CC1)c1ccccc1Cl. The van der Waals surface area contributed by atoms with Gasteiger partial charge >= 0.3 is 0 Å². The van der Waals surface area contributed by atoms with Crippen LogP contribution >= 0.6 is 11.6 Å². The molecular formula is C21H29ClN2O2. The minimum absolute atomic E-state index is 0.00164. The Morgan fingerprint density at radius 1 is 1.27 bits per heavy atom. The topological polar surface area (TPSA) is 55.6 Å². The molecule has 1 saturated heterocycles. The summed E-state index contributed by atoms with van der Waals surface area (Å²) in [4.78, 5) is 13.1. The molecule has 1 aromatic carbocycles. The fourth-order valence-corrected chi connectivity index (χ4v) is 3.42. The van der Waals surface area contributed by atoms with Gasteiger partial charge in [0.2, 0.25) is 5.91 Å². The van der Waals surface area contributed by atoms with Crippen LogP contribution < -0.4 is 5.73 Å². The van der Waals surface area contributed by atoms with Crippen LogP contribution in [-0.2, 0) is 9.53 Å². The summed E-state index contributed by atoms with van der Waals surface area (Å²) in [7, 11) is 0. The molecule has 1 aliphatic heterocycles. The third kappa shape index (κ3) is 6.60. The minimum atomic E-state index is -0.419. The monoisotopic (exact) mass is 376 g/mol. The number of nitrogens with two attached hydrogens (primary N) is 1. The van der Waals surface area contributed by atoms with Crippen LogP contribution in [-0.4, -0.2) is 43.7 Å². The molecule has 2 rings (SSSR count). The van der Waals surface area contributed by atoms with Gasteiger partial charge in [0, 0.05) is 24.7 Å². The molecule has 1 fully saturated rings. The highest BCUT2D eigenvalue weighted by atomic mass is 35.5. The molecule has 1 amide bonds. The van der Waals surface area contributed by atoms with Crippen LogP contribution in [0.2, 0.25) is 5.02 Å². The number of rotatable bonds is 8. The number of benzene rings is 1. The summed E-state index contributed by atoms with van der Waals surface area (Å²) in [6.45, 7) is 7.62. The van der Waals surface area contributed by atoms with Gasteiger partial charge in [-0.3, -0.25) is 4.79 Å². The Labute approximate surface area is 161 Å². The van der Waals surface area contributed by atoms with Gasteiger partial charge in [-0.25, -0.2) is 0 Å². The second-order valence-electron chi connectivity index (χ2n) is 6.91. The van der Waals surface area contributed by atoms with E-state index in [0.717, 1.165) is 49.5 Å². The molecule has 0 bridgehead atoms. The summed E-state index contributed by atoms with van der Waals surface area (Å²) in [6, 6.07) is 8.11. The normalized spacial score (nSPS) is 15.0. The third-order valence-corrected chi connectivity index (χ3v) is 4.93. The number of ether oxygens (including phenoxy) is 1. The number of allylic oxidation sites excluding steroid dienone is 3. The summed E-state index contributed by atoms with van der Waals surface area (Å²) in [5, 5.41) is 0.819. The van der Waals surface area contributed by atoms with Crippen LogP contribution in [0.1, 0.15) is 38.7 Å². The van der Waals surface area contributed by atoms with Gasteiger partial charge in [-0.15, -0.1) is 0 Å². The number of likely N-dealkylation sites (tertiary alicyclic amines) is 1. The summed E-state index contributed by atoms with van der Waals surface area (Å²) >= 11 is 6.47. The van der Waals surface area contributed by atoms with E-state index in [2.05, 4.69) is 37.0 Å². The molecule has 0 spiro atoms. The number of carbonyl (C=O) groups excluding carboxylic acids is 1. The van der Waals surface area contributed by atoms with E-state index in [-0.39, 0.29) is 6.61 Å². The molecule has 4 nitrogen and oxygen atoms in total. The zero-order chi connectivity index (χ0) is 18.9. The van der Waals surface area contributed by atoms with Crippen molar-refractivity contribution in [1.29, 1.82) is 0 Å². The second-order valence-corrected chi connectivity index (χ2v) is 7.32. The zero-order valence-electron chi connectivity index (χ0n) is 15.8. The molecule has 0 aliphatic carbocycles. The van der Waals surface area contributed by atoms with Crippen molar-refractivity contribution >= 4 is 23.1 Å². The first-order chi connectivity index (χ1) is 12.5. The van der Waals surface area contributed by atoms with Crippen LogP contribution in [0.3, 0.4) is 0 Å². The van der Waals surface area contributed by atoms with Crippen LogP contribution in [0.25, 0.3) is 5.57 Å². The molecule has 1 heterocycles. The molecule has 142 valence electrons. The number of halogens is 1. The Morgan fingerprint density at radius 3 is 2.58 bits per heavy atom. The Morgan fingerprint density at radius 2 is 1.96 bits per heavy atom. The zero-order valence-corrected chi connectivity index (χ0v) is 16.5. The highest BCUT2D eigenvalue weighted by Gasteiger charge is 2.18. The van der Waals surface area contributed by atoms with Crippen LogP contribution in [0.4, 0.5) is 0 Å². The number of nitrogens with zero attached hydrogens (tertiary/aromatic N) is 1. The molecule has 0 unspecified atom stereocenters. The Balaban J connectivity index is 2.04. The first-order valence-electron chi connectivity index (χ1n) is 9.15. The fraction of sp³-hybridized carbons (Fsp3) is 0.476. The van der Waals surface area contributed by atoms with Crippen molar-refractivity contribution in [2.75, 3.05) is 32.8 Å². The number of primary amides is 1. The van der Waals surface area contributed by atoms with E-state index in [1.165, 1.54) is 16.7 Å². The lowest BCUT2D eigenvalue weighted by Gasteiger charge is -2.30. The Hall–Kier alpha value is -1.62. The molecule has 0 saturated carbocycles. The lowest BCUT2D eigenvalue weighted by molar-refractivity contribution is -0.122. The van der Waals surface area contributed by atoms with E-state index in [4.69, 9.17) is 22.1 Å². The van der Waals surface area contributed by atoms with Gasteiger partial charge in [0.05, 0.1) is 6.61 Å². The van der Waals surface area contributed by atoms with E-state index < -0.39 is 5.91 Å². The summed E-state index contributed by atoms with van der Waals surface area (Å²) in [5.74, 6) is -0.419. The summed E-state index contributed by atoms with van der Waals surface area (Å²) < 4.78 is 5.27. The lowest BCUT2D eigenvalue weighted by atomic mass is 9.90. The van der Waals surface area contributed by atoms with Gasteiger partial charge in [0.1, 0.15) is 6.61 Å². The number of amides is 1. The first-order valence-corrected chi connectivity index (χ1v) is 9.52. The van der Waals surface area contributed by atoms with Gasteiger partial charge in [-0.1, -0.05) is 47.0 Å². The maximum Gasteiger partial charge on any atom is 0.243 e. The van der Waals surface area contributed by atoms with Crippen LogP contribution in [0.5, 0.6) is 0 Å². The van der Waals surface area contributed by atoms with E-state index in [0.29, 0.717) is 6.61 Å². The number of carbonyl (C=O) groups is 1. The summed E-state index contributed by atoms with van der Waals surface area (Å²) in [6.07, 6.45) is 5.26. The van der Waals surface area contributed by atoms with E-state index in [9.17, 15) is 4.79 Å². The predicted molar refractivity (Wildman–Crippen MR) is 108 cm³/mol. The van der Waals surface area contributed by atoms with Crippen molar-refractivity contribution < 1.29 is 9.53 Å². The number of hydrogen-bond acceptors (Lipinski definition) is 3. The standard InChI is InChI=1S/C21H29ClN2O2/c1-16(2)7-8-18(19-5-3-4-6-20(19)22)17-9-11-24(12-10-17)13-14-26-15-21(23)25/h3-7H,8-15H2,1-2H3,(H2,23,25). The average molecular weight is 377 g/mol. The van der Waals surface area contributed by atoms with Crippen LogP contribution in [0.15, 0.2) is 41.5 Å². The molecule has 5 heteroatoms. The largest absolute Gasteiger partial charge is 0.370 e. The number of piperidine rings is 1. The van der Waals surface area contributed by atoms with Gasteiger partial charge < -0.3 is 15.4 Å². The van der Waals surface area contributed by atoms with Crippen molar-refractivity contribution in [2.24, 2.45) is 5.73 Å². The van der Waals surface area contributed by atoms with Crippen molar-refractivity contribution in [1.82, 2.24) is 4.90 Å². The highest BCUT2D eigenvalue weighted by Crippen LogP contribution is 2.33. The molecule has 1 aromatic rings.